The number of aromatic nitrogens is 5. The van der Waals surface area contributed by atoms with Gasteiger partial charge in [-0.15, -0.1) is 0 Å². The van der Waals surface area contributed by atoms with E-state index >= 15 is 0 Å². The molecule has 10 nitrogen and oxygen atoms in total. The molecular weight excluding hydrogens is 290 g/mol. The minimum Gasteiger partial charge on any atom is -0.353 e. The number of carbonyl (C=O) groups is 1. The molecule has 118 valence electrons. The third kappa shape index (κ3) is 3.05. The average molecular weight is 307 g/mol. The lowest BCUT2D eigenvalue weighted by molar-refractivity contribution is 0.0945. The molecule has 0 aromatic carbocycles. The molecule has 0 saturated heterocycles. The van der Waals surface area contributed by atoms with Crippen LogP contribution >= 0.6 is 0 Å². The summed E-state index contributed by atoms with van der Waals surface area (Å²) in [7, 11) is 4.54. The zero-order valence-corrected chi connectivity index (χ0v) is 12.5. The van der Waals surface area contributed by atoms with Gasteiger partial charge in [0.15, 0.2) is 0 Å². The molecule has 0 fully saturated rings. The van der Waals surface area contributed by atoms with Crippen LogP contribution in [0.2, 0.25) is 0 Å². The molecule has 0 radical (unpaired) electrons. The standard InChI is InChI=1S/C12H17N7O3/c1-17-8(6-9(20)18(2)12(17)22)10(21)13-4-5-14-11-15-7-16-19(11)3/h6-7H,4-5H2,1-3H3,(H,13,21)(H,14,15,16). The number of nitrogens with one attached hydrogen (secondary N) is 2. The highest BCUT2D eigenvalue weighted by Gasteiger charge is 2.13. The molecule has 0 saturated carbocycles. The first-order valence-corrected chi connectivity index (χ1v) is 6.55. The van der Waals surface area contributed by atoms with Gasteiger partial charge < -0.3 is 10.6 Å². The largest absolute Gasteiger partial charge is 0.353 e. The second kappa shape index (κ2) is 6.24. The van der Waals surface area contributed by atoms with Gasteiger partial charge in [0.05, 0.1) is 0 Å². The fraction of sp³-hybridized carbons (Fsp3) is 0.417. The molecule has 0 aliphatic carbocycles. The number of rotatable bonds is 5. The lowest BCUT2D eigenvalue weighted by atomic mass is 10.3. The highest BCUT2D eigenvalue weighted by Crippen LogP contribution is 1.96. The van der Waals surface area contributed by atoms with Crippen molar-refractivity contribution in [1.29, 1.82) is 0 Å². The predicted octanol–water partition coefficient (Wildman–Crippen LogP) is -1.95. The molecule has 2 rings (SSSR count). The summed E-state index contributed by atoms with van der Waals surface area (Å²) in [6, 6.07) is 1.13. The van der Waals surface area contributed by atoms with Crippen LogP contribution in [0.1, 0.15) is 10.5 Å². The SMILES string of the molecule is Cn1ncnc1NCCNC(=O)c1cc(=O)n(C)c(=O)n1C. The Hall–Kier alpha value is -2.91. The molecule has 1 amide bonds. The lowest BCUT2D eigenvalue weighted by Crippen LogP contribution is -2.41. The number of amides is 1. The van der Waals surface area contributed by atoms with Crippen LogP contribution < -0.4 is 21.9 Å². The number of aryl methyl sites for hydroxylation is 1. The predicted molar refractivity (Wildman–Crippen MR) is 78.7 cm³/mol. The van der Waals surface area contributed by atoms with Crippen molar-refractivity contribution in [2.75, 3.05) is 18.4 Å². The number of anilines is 1. The van der Waals surface area contributed by atoms with Crippen molar-refractivity contribution in [3.05, 3.63) is 38.9 Å². The molecule has 0 unspecified atom stereocenters. The van der Waals surface area contributed by atoms with Crippen LogP contribution in [0.15, 0.2) is 22.0 Å². The quantitative estimate of drug-likeness (QED) is 0.621. The summed E-state index contributed by atoms with van der Waals surface area (Å²) >= 11 is 0. The van der Waals surface area contributed by atoms with E-state index in [0.29, 0.717) is 19.0 Å². The maximum Gasteiger partial charge on any atom is 0.331 e. The Kier molecular flexibility index (Phi) is 4.39. The Morgan fingerprint density at radius 1 is 1.18 bits per heavy atom. The minimum absolute atomic E-state index is 0.0201. The fourth-order valence-electron chi connectivity index (χ4n) is 1.85. The van der Waals surface area contributed by atoms with Crippen LogP contribution in [-0.4, -0.2) is 42.9 Å². The summed E-state index contributed by atoms with van der Waals surface area (Å²) in [4.78, 5) is 39.3. The van der Waals surface area contributed by atoms with Gasteiger partial charge in [0, 0.05) is 40.3 Å². The molecule has 22 heavy (non-hydrogen) atoms. The van der Waals surface area contributed by atoms with Gasteiger partial charge in [-0.2, -0.15) is 10.1 Å². The number of hydrogen-bond acceptors (Lipinski definition) is 6. The summed E-state index contributed by atoms with van der Waals surface area (Å²) in [5, 5.41) is 9.51. The van der Waals surface area contributed by atoms with E-state index in [1.165, 1.54) is 20.4 Å². The van der Waals surface area contributed by atoms with E-state index in [-0.39, 0.29) is 5.69 Å². The molecule has 2 heterocycles. The highest BCUT2D eigenvalue weighted by molar-refractivity contribution is 5.92. The lowest BCUT2D eigenvalue weighted by Gasteiger charge is -2.10. The molecule has 0 atom stereocenters. The first-order valence-electron chi connectivity index (χ1n) is 6.55. The molecule has 2 aromatic rings. The van der Waals surface area contributed by atoms with Gasteiger partial charge in [-0.05, 0) is 0 Å². The van der Waals surface area contributed by atoms with E-state index in [2.05, 4.69) is 20.7 Å². The van der Waals surface area contributed by atoms with E-state index in [0.717, 1.165) is 15.2 Å². The Balaban J connectivity index is 1.97. The summed E-state index contributed by atoms with van der Waals surface area (Å²) in [6.07, 6.45) is 1.41. The van der Waals surface area contributed by atoms with Gasteiger partial charge in [-0.1, -0.05) is 0 Å². The first kappa shape index (κ1) is 15.5. The van der Waals surface area contributed by atoms with Gasteiger partial charge in [0.2, 0.25) is 5.95 Å². The van der Waals surface area contributed by atoms with E-state index < -0.39 is 17.2 Å². The fourth-order valence-corrected chi connectivity index (χ4v) is 1.85. The smallest absolute Gasteiger partial charge is 0.331 e. The first-order chi connectivity index (χ1) is 10.4. The zero-order chi connectivity index (χ0) is 16.3. The molecule has 2 N–H and O–H groups in total. The zero-order valence-electron chi connectivity index (χ0n) is 12.5. The summed E-state index contributed by atoms with van der Waals surface area (Å²) in [5.41, 5.74) is -1.05. The van der Waals surface area contributed by atoms with Gasteiger partial charge in [-0.25, -0.2) is 9.48 Å². The number of hydrogen-bond donors (Lipinski definition) is 2. The van der Waals surface area contributed by atoms with Gasteiger partial charge >= 0.3 is 5.69 Å². The third-order valence-electron chi connectivity index (χ3n) is 3.16. The number of carbonyl (C=O) groups excluding carboxylic acids is 1. The highest BCUT2D eigenvalue weighted by atomic mass is 16.2. The van der Waals surface area contributed by atoms with E-state index in [9.17, 15) is 14.4 Å². The molecule has 0 aliphatic rings. The Morgan fingerprint density at radius 3 is 2.55 bits per heavy atom. The summed E-state index contributed by atoms with van der Waals surface area (Å²) < 4.78 is 3.63. The van der Waals surface area contributed by atoms with E-state index in [4.69, 9.17) is 0 Å². The molecule has 0 bridgehead atoms. The minimum atomic E-state index is -0.546. The molecule has 0 spiro atoms. The number of nitrogens with zero attached hydrogens (tertiary/aromatic N) is 5. The van der Waals surface area contributed by atoms with Crippen molar-refractivity contribution >= 4 is 11.9 Å². The Morgan fingerprint density at radius 2 is 1.91 bits per heavy atom. The van der Waals surface area contributed by atoms with E-state index in [1.54, 1.807) is 11.7 Å². The van der Waals surface area contributed by atoms with Gasteiger partial charge in [-0.3, -0.25) is 18.7 Å². The second-order valence-corrected chi connectivity index (χ2v) is 4.66. The Bertz CT molecular complexity index is 802. The van der Waals surface area contributed by atoms with Crippen LogP contribution in [0.4, 0.5) is 5.95 Å². The van der Waals surface area contributed by atoms with Crippen LogP contribution in [-0.2, 0) is 21.1 Å². The van der Waals surface area contributed by atoms with Crippen molar-refractivity contribution in [2.45, 2.75) is 0 Å². The van der Waals surface area contributed by atoms with Crippen molar-refractivity contribution in [2.24, 2.45) is 21.1 Å². The third-order valence-corrected chi connectivity index (χ3v) is 3.16. The van der Waals surface area contributed by atoms with Gasteiger partial charge in [0.25, 0.3) is 11.5 Å². The van der Waals surface area contributed by atoms with E-state index in [1.807, 2.05) is 0 Å². The normalized spacial score (nSPS) is 10.5. The van der Waals surface area contributed by atoms with Gasteiger partial charge in [0.1, 0.15) is 12.0 Å². The van der Waals surface area contributed by atoms with Crippen molar-refractivity contribution in [1.82, 2.24) is 29.2 Å². The molecular formula is C12H17N7O3. The molecule has 2 aromatic heterocycles. The maximum atomic E-state index is 12.0. The van der Waals surface area contributed by atoms with Crippen LogP contribution in [0.5, 0.6) is 0 Å². The summed E-state index contributed by atoms with van der Waals surface area (Å²) in [6.45, 7) is 0.728. The molecule has 0 aliphatic heterocycles. The summed E-state index contributed by atoms with van der Waals surface area (Å²) in [5.74, 6) is 0.0901. The van der Waals surface area contributed by atoms with Crippen molar-refractivity contribution < 1.29 is 4.79 Å². The van der Waals surface area contributed by atoms with Crippen molar-refractivity contribution in [3.8, 4) is 0 Å². The average Bonchev–Trinajstić information content (AvgIpc) is 2.90. The second-order valence-electron chi connectivity index (χ2n) is 4.66. The van der Waals surface area contributed by atoms with Crippen LogP contribution in [0.25, 0.3) is 0 Å². The topological polar surface area (TPSA) is 116 Å². The maximum absolute atomic E-state index is 12.0. The monoisotopic (exact) mass is 307 g/mol. The molecule has 10 heteroatoms. The van der Waals surface area contributed by atoms with Crippen LogP contribution in [0.3, 0.4) is 0 Å². The van der Waals surface area contributed by atoms with Crippen molar-refractivity contribution in [3.63, 3.8) is 0 Å². The Labute approximate surface area is 125 Å². The van der Waals surface area contributed by atoms with Crippen LogP contribution in [0, 0.1) is 0 Å².